The number of aromatic hydroxyl groups is 1. The second kappa shape index (κ2) is 7.95. The molecule has 0 saturated carbocycles. The Balaban J connectivity index is 1.52. The fraction of sp³-hybridized carbons (Fsp3) is 0.208. The maximum absolute atomic E-state index is 14.1. The quantitative estimate of drug-likeness (QED) is 0.620. The van der Waals surface area contributed by atoms with E-state index in [1.807, 2.05) is 42.5 Å². The molecule has 1 unspecified atom stereocenters. The van der Waals surface area contributed by atoms with E-state index in [-0.39, 0.29) is 24.1 Å². The van der Waals surface area contributed by atoms with Gasteiger partial charge < -0.3 is 14.9 Å². The fourth-order valence-electron chi connectivity index (χ4n) is 3.67. The molecule has 5 heteroatoms. The van der Waals surface area contributed by atoms with Crippen LogP contribution in [0.25, 0.3) is 11.1 Å². The van der Waals surface area contributed by atoms with Gasteiger partial charge in [-0.15, -0.1) is 0 Å². The molecule has 0 aliphatic carbocycles. The summed E-state index contributed by atoms with van der Waals surface area (Å²) >= 11 is 0. The molecule has 0 spiro atoms. The van der Waals surface area contributed by atoms with Crippen molar-refractivity contribution in [3.05, 3.63) is 83.2 Å². The molecular weight excluding hydrogens is 371 g/mol. The third-order valence-corrected chi connectivity index (χ3v) is 5.25. The van der Waals surface area contributed by atoms with Crippen LogP contribution in [0.1, 0.15) is 35.6 Å². The van der Waals surface area contributed by atoms with Crippen LogP contribution >= 0.6 is 0 Å². The standard InChI is InChI=1S/C24H21FO4/c25-21-10-9-19(26)14-20(21)16-4-6-17(7-5-16)22-11-8-18-3-1-15(2-12-24(27)28)13-23(18)29-22/h1,3-7,9-10,13-14,22,26H,2,8,11-12H2,(H,27,28). The van der Waals surface area contributed by atoms with Crippen molar-refractivity contribution >= 4 is 5.97 Å². The van der Waals surface area contributed by atoms with Crippen molar-refractivity contribution in [2.24, 2.45) is 0 Å². The molecule has 0 radical (unpaired) electrons. The Bertz CT molecular complexity index is 1040. The van der Waals surface area contributed by atoms with E-state index in [0.717, 1.165) is 35.3 Å². The van der Waals surface area contributed by atoms with Gasteiger partial charge in [0.2, 0.25) is 0 Å². The smallest absolute Gasteiger partial charge is 0.303 e. The molecule has 4 nitrogen and oxygen atoms in total. The van der Waals surface area contributed by atoms with Gasteiger partial charge in [-0.05, 0) is 65.8 Å². The number of aliphatic carboxylic acids is 1. The molecule has 3 aromatic carbocycles. The number of phenols is 1. The minimum absolute atomic E-state index is 0.0244. The van der Waals surface area contributed by atoms with Crippen LogP contribution in [0, 0.1) is 5.82 Å². The molecule has 0 aromatic heterocycles. The Hall–Kier alpha value is -3.34. The van der Waals surface area contributed by atoms with E-state index in [9.17, 15) is 14.3 Å². The Morgan fingerprint density at radius 3 is 2.62 bits per heavy atom. The number of rotatable bonds is 5. The summed E-state index contributed by atoms with van der Waals surface area (Å²) in [6, 6.07) is 17.4. The molecule has 4 rings (SSSR count). The predicted molar refractivity (Wildman–Crippen MR) is 108 cm³/mol. The van der Waals surface area contributed by atoms with E-state index in [4.69, 9.17) is 9.84 Å². The van der Waals surface area contributed by atoms with E-state index in [1.165, 1.54) is 18.2 Å². The molecule has 1 aliphatic heterocycles. The van der Waals surface area contributed by atoms with Gasteiger partial charge in [0, 0.05) is 12.0 Å². The molecule has 0 bridgehead atoms. The minimum atomic E-state index is -0.815. The predicted octanol–water partition coefficient (Wildman–Crippen LogP) is 5.28. The van der Waals surface area contributed by atoms with Gasteiger partial charge in [-0.3, -0.25) is 4.79 Å². The lowest BCUT2D eigenvalue weighted by atomic mass is 9.94. The Morgan fingerprint density at radius 2 is 1.86 bits per heavy atom. The van der Waals surface area contributed by atoms with Crippen LogP contribution in [0.5, 0.6) is 11.5 Å². The first-order valence-electron chi connectivity index (χ1n) is 9.59. The largest absolute Gasteiger partial charge is 0.508 e. The highest BCUT2D eigenvalue weighted by Gasteiger charge is 2.22. The van der Waals surface area contributed by atoms with Gasteiger partial charge in [-0.2, -0.15) is 0 Å². The number of hydrogen-bond donors (Lipinski definition) is 2. The van der Waals surface area contributed by atoms with Gasteiger partial charge in [0.05, 0.1) is 0 Å². The molecular formula is C24H21FO4. The second-order valence-corrected chi connectivity index (χ2v) is 7.27. The van der Waals surface area contributed by atoms with Crippen LogP contribution in [-0.4, -0.2) is 16.2 Å². The zero-order valence-electron chi connectivity index (χ0n) is 15.8. The Labute approximate surface area is 168 Å². The summed E-state index contributed by atoms with van der Waals surface area (Å²) in [5.41, 5.74) is 4.11. The number of halogens is 1. The summed E-state index contributed by atoms with van der Waals surface area (Å²) in [4.78, 5) is 10.8. The van der Waals surface area contributed by atoms with Gasteiger partial charge in [-0.1, -0.05) is 36.4 Å². The first kappa shape index (κ1) is 19.0. The van der Waals surface area contributed by atoms with Gasteiger partial charge in [0.1, 0.15) is 23.4 Å². The molecule has 148 valence electrons. The van der Waals surface area contributed by atoms with Crippen molar-refractivity contribution in [2.75, 3.05) is 0 Å². The van der Waals surface area contributed by atoms with Gasteiger partial charge in [0.25, 0.3) is 0 Å². The number of aryl methyl sites for hydroxylation is 2. The average Bonchev–Trinajstić information content (AvgIpc) is 2.73. The van der Waals surface area contributed by atoms with Gasteiger partial charge in [-0.25, -0.2) is 4.39 Å². The number of carboxylic acids is 1. The lowest BCUT2D eigenvalue weighted by Gasteiger charge is -2.27. The molecule has 1 heterocycles. The number of benzene rings is 3. The summed E-state index contributed by atoms with van der Waals surface area (Å²) in [5, 5.41) is 18.5. The van der Waals surface area contributed by atoms with Crippen LogP contribution in [0.4, 0.5) is 4.39 Å². The van der Waals surface area contributed by atoms with Crippen molar-refractivity contribution in [1.29, 1.82) is 0 Å². The zero-order chi connectivity index (χ0) is 20.4. The van der Waals surface area contributed by atoms with Gasteiger partial charge >= 0.3 is 5.97 Å². The van der Waals surface area contributed by atoms with Crippen LogP contribution in [0.3, 0.4) is 0 Å². The summed E-state index contributed by atoms with van der Waals surface area (Å²) in [6.45, 7) is 0. The lowest BCUT2D eigenvalue weighted by Crippen LogP contribution is -2.15. The number of ether oxygens (including phenoxy) is 1. The monoisotopic (exact) mass is 392 g/mol. The lowest BCUT2D eigenvalue weighted by molar-refractivity contribution is -0.136. The fourth-order valence-corrected chi connectivity index (χ4v) is 3.67. The number of phenolic OH excluding ortho intramolecular Hbond substituents is 1. The average molecular weight is 392 g/mol. The second-order valence-electron chi connectivity index (χ2n) is 7.27. The Morgan fingerprint density at radius 1 is 1.07 bits per heavy atom. The molecule has 29 heavy (non-hydrogen) atoms. The summed E-state index contributed by atoms with van der Waals surface area (Å²) in [7, 11) is 0. The highest BCUT2D eigenvalue weighted by molar-refractivity contribution is 5.67. The maximum Gasteiger partial charge on any atom is 0.303 e. The van der Waals surface area contributed by atoms with E-state index >= 15 is 0 Å². The highest BCUT2D eigenvalue weighted by atomic mass is 19.1. The number of carbonyl (C=O) groups is 1. The minimum Gasteiger partial charge on any atom is -0.508 e. The number of hydrogen-bond acceptors (Lipinski definition) is 3. The third kappa shape index (κ3) is 4.24. The molecule has 1 aliphatic rings. The van der Waals surface area contributed by atoms with Crippen molar-refractivity contribution < 1.29 is 24.1 Å². The summed E-state index contributed by atoms with van der Waals surface area (Å²) in [6.07, 6.45) is 2.17. The number of carboxylic acid groups (broad SMARTS) is 1. The van der Waals surface area contributed by atoms with Crippen LogP contribution in [-0.2, 0) is 17.6 Å². The van der Waals surface area contributed by atoms with Gasteiger partial charge in [0.15, 0.2) is 0 Å². The van der Waals surface area contributed by atoms with Crippen LogP contribution < -0.4 is 4.74 Å². The van der Waals surface area contributed by atoms with Crippen LogP contribution in [0.2, 0.25) is 0 Å². The van der Waals surface area contributed by atoms with Crippen molar-refractivity contribution in [2.45, 2.75) is 31.8 Å². The van der Waals surface area contributed by atoms with E-state index in [1.54, 1.807) is 0 Å². The third-order valence-electron chi connectivity index (χ3n) is 5.25. The summed E-state index contributed by atoms with van der Waals surface area (Å²) in [5.74, 6) is -0.374. The first-order chi connectivity index (χ1) is 14.0. The molecule has 1 atom stereocenters. The summed E-state index contributed by atoms with van der Waals surface area (Å²) < 4.78 is 20.2. The first-order valence-corrected chi connectivity index (χ1v) is 9.59. The molecule has 0 amide bonds. The number of fused-ring (bicyclic) bond motifs is 1. The molecule has 2 N–H and O–H groups in total. The van der Waals surface area contributed by atoms with Crippen molar-refractivity contribution in [3.63, 3.8) is 0 Å². The Kier molecular flexibility index (Phi) is 5.21. The van der Waals surface area contributed by atoms with Crippen molar-refractivity contribution in [3.8, 4) is 22.6 Å². The maximum atomic E-state index is 14.1. The van der Waals surface area contributed by atoms with E-state index < -0.39 is 5.97 Å². The van der Waals surface area contributed by atoms with E-state index in [0.29, 0.717) is 17.5 Å². The van der Waals surface area contributed by atoms with E-state index in [2.05, 4.69) is 0 Å². The van der Waals surface area contributed by atoms with Crippen LogP contribution in [0.15, 0.2) is 60.7 Å². The SMILES string of the molecule is O=C(O)CCc1ccc2c(c1)OC(c1ccc(-c3cc(O)ccc3F)cc1)CC2. The van der Waals surface area contributed by atoms with Crippen molar-refractivity contribution in [1.82, 2.24) is 0 Å². The molecule has 0 fully saturated rings. The topological polar surface area (TPSA) is 66.8 Å². The molecule has 0 saturated heterocycles. The highest BCUT2D eigenvalue weighted by Crippen LogP contribution is 2.36. The molecule has 3 aromatic rings. The zero-order valence-corrected chi connectivity index (χ0v) is 15.8. The normalized spacial score (nSPS) is 15.4.